The summed E-state index contributed by atoms with van der Waals surface area (Å²) in [6.07, 6.45) is 10.5. The Morgan fingerprint density at radius 2 is 1.35 bits per heavy atom. The third-order valence-electron chi connectivity index (χ3n) is 16.8. The monoisotopic (exact) mass is 723 g/mol. The van der Waals surface area contributed by atoms with E-state index in [-0.39, 0.29) is 75.6 Å². The summed E-state index contributed by atoms with van der Waals surface area (Å²) in [4.78, 5) is 0. The lowest BCUT2D eigenvalue weighted by Gasteiger charge is -2.57. The highest BCUT2D eigenvalue weighted by molar-refractivity contribution is 5.26. The summed E-state index contributed by atoms with van der Waals surface area (Å²) in [5.74, 6) is 0.704. The Labute approximate surface area is 310 Å². The molecule has 0 radical (unpaired) electrons. The summed E-state index contributed by atoms with van der Waals surface area (Å²) in [6, 6.07) is 0. The Hall–Kier alpha value is -0.360. The van der Waals surface area contributed by atoms with Crippen LogP contribution in [0.5, 0.6) is 0 Å². The molecule has 296 valence electrons. The van der Waals surface area contributed by atoms with Crippen LogP contribution in [0.4, 0.5) is 0 Å². The molecule has 0 aromatic carbocycles. The van der Waals surface area contributed by atoms with Gasteiger partial charge in [0.1, 0.15) is 18.3 Å². The lowest BCUT2D eigenvalue weighted by molar-refractivity contribution is -0.313. The summed E-state index contributed by atoms with van der Waals surface area (Å²) in [5, 5.41) is 0. The maximum absolute atomic E-state index is 7.12. The van der Waals surface area contributed by atoms with Gasteiger partial charge in [-0.25, -0.2) is 0 Å². The van der Waals surface area contributed by atoms with Crippen LogP contribution in [0.3, 0.4) is 0 Å². The molecule has 0 bridgehead atoms. The average Bonchev–Trinajstić information content (AvgIpc) is 3.48. The molecule has 14 atom stereocenters. The van der Waals surface area contributed by atoms with Gasteiger partial charge >= 0.3 is 0 Å². The topological polar surface area (TPSA) is 83.1 Å². The molecule has 6 fully saturated rings. The van der Waals surface area contributed by atoms with Gasteiger partial charge < -0.3 is 42.6 Å². The van der Waals surface area contributed by atoms with E-state index in [0.29, 0.717) is 23.9 Å². The molecule has 1 spiro atoms. The molecule has 2 aliphatic heterocycles. The van der Waals surface area contributed by atoms with E-state index in [1.807, 2.05) is 21.3 Å². The van der Waals surface area contributed by atoms with Gasteiger partial charge in [-0.1, -0.05) is 34.6 Å². The fourth-order valence-corrected chi connectivity index (χ4v) is 13.3. The molecule has 2 saturated heterocycles. The standard InChI is InChI=1S/C42H74O9/c1-36(2)23-27(44-10)34(40(8)18-16-30(51-40)38(5,6)48-14)39(36,7)21-22-41-19-15-26(43-9)33-37(3,4)29(17-20-42(33,41)25-41)50-35-32(47-13)31(46-12)28(45-11)24-49-35/h26-35H,15-25H2,1-14H3/t26-,27?,28+,29?,30?,31?,32+,33-,34?,35?,39?,40+,41?,42?/m0/s1. The first-order valence-corrected chi connectivity index (χ1v) is 20.0. The third-order valence-corrected chi connectivity index (χ3v) is 16.8. The van der Waals surface area contributed by atoms with Gasteiger partial charge in [0, 0.05) is 48.6 Å². The molecular formula is C42H74O9. The van der Waals surface area contributed by atoms with Crippen LogP contribution in [0.25, 0.3) is 0 Å². The van der Waals surface area contributed by atoms with Crippen LogP contribution in [0.2, 0.25) is 0 Å². The molecule has 4 saturated carbocycles. The van der Waals surface area contributed by atoms with Crippen LogP contribution in [-0.2, 0) is 42.6 Å². The number of methoxy groups -OCH3 is 6. The van der Waals surface area contributed by atoms with Gasteiger partial charge in [0.25, 0.3) is 0 Å². The van der Waals surface area contributed by atoms with Gasteiger partial charge in [-0.15, -0.1) is 0 Å². The predicted molar refractivity (Wildman–Crippen MR) is 197 cm³/mol. The van der Waals surface area contributed by atoms with Crippen molar-refractivity contribution in [3.8, 4) is 0 Å². The molecule has 9 nitrogen and oxygen atoms in total. The summed E-state index contributed by atoms with van der Waals surface area (Å²) < 4.78 is 56.6. The van der Waals surface area contributed by atoms with Crippen molar-refractivity contribution < 1.29 is 42.6 Å². The molecule has 9 unspecified atom stereocenters. The Kier molecular flexibility index (Phi) is 11.1. The lowest BCUT2D eigenvalue weighted by Crippen LogP contribution is -2.60. The maximum atomic E-state index is 7.12. The van der Waals surface area contributed by atoms with E-state index < -0.39 is 6.29 Å². The number of ether oxygens (including phenoxy) is 9. The summed E-state index contributed by atoms with van der Waals surface area (Å²) in [5.41, 5.74) is 0.0650. The van der Waals surface area contributed by atoms with E-state index in [9.17, 15) is 0 Å². The van der Waals surface area contributed by atoms with Gasteiger partial charge in [-0.05, 0) is 118 Å². The minimum atomic E-state index is -0.512. The quantitative estimate of drug-likeness (QED) is 0.179. The van der Waals surface area contributed by atoms with E-state index in [1.165, 1.54) is 25.7 Å². The summed E-state index contributed by atoms with van der Waals surface area (Å²) >= 11 is 0. The van der Waals surface area contributed by atoms with Gasteiger partial charge in [-0.3, -0.25) is 0 Å². The van der Waals surface area contributed by atoms with Crippen LogP contribution in [0, 0.1) is 38.9 Å². The van der Waals surface area contributed by atoms with Crippen molar-refractivity contribution in [1.29, 1.82) is 0 Å². The fourth-order valence-electron chi connectivity index (χ4n) is 13.3. The van der Waals surface area contributed by atoms with E-state index in [1.54, 1.807) is 21.3 Å². The molecular weight excluding hydrogens is 648 g/mol. The summed E-state index contributed by atoms with van der Waals surface area (Å²) in [6.45, 7) is 19.6. The highest BCUT2D eigenvalue weighted by atomic mass is 16.7. The second kappa shape index (κ2) is 14.0. The zero-order valence-corrected chi connectivity index (χ0v) is 34.7. The van der Waals surface area contributed by atoms with Gasteiger partial charge in [0.15, 0.2) is 6.29 Å². The van der Waals surface area contributed by atoms with Gasteiger partial charge in [-0.2, -0.15) is 0 Å². The van der Waals surface area contributed by atoms with E-state index >= 15 is 0 Å². The molecule has 6 rings (SSSR count). The van der Waals surface area contributed by atoms with Crippen molar-refractivity contribution in [1.82, 2.24) is 0 Å². The molecule has 0 N–H and O–H groups in total. The van der Waals surface area contributed by atoms with Crippen molar-refractivity contribution in [3.63, 3.8) is 0 Å². The van der Waals surface area contributed by atoms with Gasteiger partial charge in [0.2, 0.25) is 0 Å². The highest BCUT2D eigenvalue weighted by Crippen LogP contribution is 2.82. The SMILES string of the molecule is COC1CC(C)(C)C(C)(CCC23CC[C@H](OC)[C@H]4C(C)(C)C(OC5OC[C@@H](OC)C(OC)[C@H]5OC)CCC42C3)C1[C@@]1(C)CCC(C(C)(C)OC)O1. The summed E-state index contributed by atoms with van der Waals surface area (Å²) in [7, 11) is 10.8. The van der Waals surface area contributed by atoms with Crippen LogP contribution in [0.1, 0.15) is 120 Å². The zero-order chi connectivity index (χ0) is 37.4. The first-order chi connectivity index (χ1) is 23.9. The Morgan fingerprint density at radius 3 is 1.96 bits per heavy atom. The fraction of sp³-hybridized carbons (Fsp3) is 1.00. The maximum Gasteiger partial charge on any atom is 0.186 e. The van der Waals surface area contributed by atoms with E-state index in [2.05, 4.69) is 55.4 Å². The second-order valence-corrected chi connectivity index (χ2v) is 19.8. The number of hydrogen-bond acceptors (Lipinski definition) is 9. The van der Waals surface area contributed by atoms with Crippen molar-refractivity contribution in [3.05, 3.63) is 0 Å². The van der Waals surface area contributed by atoms with Crippen molar-refractivity contribution in [2.75, 3.05) is 49.3 Å². The van der Waals surface area contributed by atoms with E-state index in [0.717, 1.165) is 38.5 Å². The number of rotatable bonds is 13. The van der Waals surface area contributed by atoms with Crippen molar-refractivity contribution in [2.45, 2.75) is 180 Å². The Morgan fingerprint density at radius 1 is 0.686 bits per heavy atom. The van der Waals surface area contributed by atoms with Crippen LogP contribution in [0.15, 0.2) is 0 Å². The van der Waals surface area contributed by atoms with Crippen molar-refractivity contribution in [2.24, 2.45) is 38.9 Å². The average molecular weight is 723 g/mol. The molecule has 4 aliphatic carbocycles. The first-order valence-electron chi connectivity index (χ1n) is 20.0. The predicted octanol–water partition coefficient (Wildman–Crippen LogP) is 7.60. The lowest BCUT2D eigenvalue weighted by atomic mass is 9.51. The van der Waals surface area contributed by atoms with Crippen LogP contribution in [-0.4, -0.2) is 109 Å². The zero-order valence-electron chi connectivity index (χ0n) is 34.7. The molecule has 0 aromatic rings. The molecule has 51 heavy (non-hydrogen) atoms. The Balaban J connectivity index is 1.23. The van der Waals surface area contributed by atoms with Crippen LogP contribution < -0.4 is 0 Å². The highest BCUT2D eigenvalue weighted by Gasteiger charge is 2.77. The molecule has 0 aromatic heterocycles. The molecule has 6 aliphatic rings. The minimum Gasteiger partial charge on any atom is -0.381 e. The first kappa shape index (κ1) is 40.3. The number of hydrogen-bond donors (Lipinski definition) is 0. The molecule has 9 heteroatoms. The third kappa shape index (κ3) is 6.21. The van der Waals surface area contributed by atoms with Crippen molar-refractivity contribution >= 4 is 0 Å². The van der Waals surface area contributed by atoms with Crippen LogP contribution >= 0.6 is 0 Å². The molecule has 2 heterocycles. The van der Waals surface area contributed by atoms with E-state index in [4.69, 9.17) is 42.6 Å². The normalized spacial score (nSPS) is 49.1. The molecule has 0 amide bonds. The second-order valence-electron chi connectivity index (χ2n) is 19.8. The van der Waals surface area contributed by atoms with Gasteiger partial charge in [0.05, 0.1) is 42.2 Å². The Bertz CT molecular complexity index is 1220. The smallest absolute Gasteiger partial charge is 0.186 e. The largest absolute Gasteiger partial charge is 0.381 e. The minimum absolute atomic E-state index is 0.0170.